The maximum atomic E-state index is 5.67. The minimum absolute atomic E-state index is 0.349. The van der Waals surface area contributed by atoms with Crippen molar-refractivity contribution < 1.29 is 9.47 Å². The van der Waals surface area contributed by atoms with Gasteiger partial charge in [0.15, 0.2) is 0 Å². The van der Waals surface area contributed by atoms with Crippen LogP contribution in [0.3, 0.4) is 0 Å². The van der Waals surface area contributed by atoms with E-state index in [4.69, 9.17) is 9.47 Å². The zero-order chi connectivity index (χ0) is 8.55. The number of hydrogen-bond donors (Lipinski definition) is 0. The number of rotatable bonds is 0. The van der Waals surface area contributed by atoms with E-state index in [1.807, 2.05) is 6.08 Å². The Kier molecular flexibility index (Phi) is 1.83. The molecule has 2 aliphatic heterocycles. The molecule has 2 aliphatic rings. The van der Waals surface area contributed by atoms with Crippen molar-refractivity contribution in [2.45, 2.75) is 26.4 Å². The summed E-state index contributed by atoms with van der Waals surface area (Å²) in [6.45, 7) is 5.06. The average Bonchev–Trinajstić information content (AvgIpc) is 2.04. The van der Waals surface area contributed by atoms with Crippen LogP contribution < -0.4 is 0 Å². The zero-order valence-electron chi connectivity index (χ0n) is 7.54. The molecule has 2 heteroatoms. The summed E-state index contributed by atoms with van der Waals surface area (Å²) >= 11 is 0. The quantitative estimate of drug-likeness (QED) is 0.549. The molecule has 0 spiro atoms. The molecule has 0 aromatic carbocycles. The highest BCUT2D eigenvalue weighted by Gasteiger charge is 2.25. The van der Waals surface area contributed by atoms with E-state index >= 15 is 0 Å². The van der Waals surface area contributed by atoms with Gasteiger partial charge in [0, 0.05) is 11.6 Å². The molecular weight excluding hydrogens is 152 g/mol. The van der Waals surface area contributed by atoms with Gasteiger partial charge < -0.3 is 9.47 Å². The second-order valence-corrected chi connectivity index (χ2v) is 3.57. The summed E-state index contributed by atoms with van der Waals surface area (Å²) in [5, 5.41) is 0. The fourth-order valence-corrected chi connectivity index (χ4v) is 1.83. The molecule has 0 fully saturated rings. The van der Waals surface area contributed by atoms with Crippen LogP contribution >= 0.6 is 0 Å². The molecule has 0 aromatic rings. The lowest BCUT2D eigenvalue weighted by atomic mass is 9.91. The molecule has 0 saturated heterocycles. The van der Waals surface area contributed by atoms with Gasteiger partial charge in [0.05, 0.1) is 12.4 Å². The van der Waals surface area contributed by atoms with Gasteiger partial charge in [0.25, 0.3) is 0 Å². The lowest BCUT2D eigenvalue weighted by Crippen LogP contribution is -2.24. The molecule has 0 bridgehead atoms. The third-order valence-corrected chi connectivity index (χ3v) is 2.48. The number of allylic oxidation sites excluding steroid dienone is 1. The lowest BCUT2D eigenvalue weighted by molar-refractivity contribution is 0.0836. The Morgan fingerprint density at radius 2 is 2.25 bits per heavy atom. The molecular formula is C10H14O2. The Bertz CT molecular complexity index is 240. The van der Waals surface area contributed by atoms with Gasteiger partial charge in [-0.2, -0.15) is 0 Å². The van der Waals surface area contributed by atoms with Crippen molar-refractivity contribution in [3.8, 4) is 0 Å². The maximum absolute atomic E-state index is 5.67. The van der Waals surface area contributed by atoms with Crippen molar-refractivity contribution in [1.82, 2.24) is 0 Å². The number of ether oxygens (including phenoxy) is 2. The van der Waals surface area contributed by atoms with Gasteiger partial charge in [0.2, 0.25) is 0 Å². The van der Waals surface area contributed by atoms with E-state index in [0.29, 0.717) is 18.6 Å². The highest BCUT2D eigenvalue weighted by molar-refractivity contribution is 5.26. The molecule has 2 atom stereocenters. The summed E-state index contributed by atoms with van der Waals surface area (Å²) in [6, 6.07) is 0. The molecule has 2 unspecified atom stereocenters. The van der Waals surface area contributed by atoms with Gasteiger partial charge >= 0.3 is 0 Å². The predicted octanol–water partition coefficient (Wildman–Crippen LogP) is 2.23. The van der Waals surface area contributed by atoms with Crippen molar-refractivity contribution in [3.05, 3.63) is 23.7 Å². The molecule has 0 N–H and O–H groups in total. The normalized spacial score (nSPS) is 33.8. The fourth-order valence-electron chi connectivity index (χ4n) is 1.83. The van der Waals surface area contributed by atoms with Crippen LogP contribution in [0.2, 0.25) is 0 Å². The second-order valence-electron chi connectivity index (χ2n) is 3.57. The minimum Gasteiger partial charge on any atom is -0.497 e. The topological polar surface area (TPSA) is 18.5 Å². The highest BCUT2D eigenvalue weighted by Crippen LogP contribution is 2.31. The highest BCUT2D eigenvalue weighted by atomic mass is 16.5. The Morgan fingerprint density at radius 3 is 3.08 bits per heavy atom. The molecule has 0 aliphatic carbocycles. The lowest BCUT2D eigenvalue weighted by Gasteiger charge is -2.31. The largest absolute Gasteiger partial charge is 0.497 e. The fraction of sp³-hybridized carbons (Fsp3) is 0.600. The maximum Gasteiger partial charge on any atom is 0.125 e. The van der Waals surface area contributed by atoms with Gasteiger partial charge in [-0.15, -0.1) is 0 Å². The first-order chi connectivity index (χ1) is 5.77. The van der Waals surface area contributed by atoms with Crippen LogP contribution in [0.4, 0.5) is 0 Å². The Hall–Kier alpha value is -0.920. The van der Waals surface area contributed by atoms with E-state index in [1.54, 1.807) is 6.26 Å². The van der Waals surface area contributed by atoms with Crippen molar-refractivity contribution in [3.63, 3.8) is 0 Å². The molecule has 2 heterocycles. The third-order valence-electron chi connectivity index (χ3n) is 2.48. The van der Waals surface area contributed by atoms with Crippen LogP contribution in [0.25, 0.3) is 0 Å². The Morgan fingerprint density at radius 1 is 1.42 bits per heavy atom. The molecule has 0 aromatic heterocycles. The summed E-state index contributed by atoms with van der Waals surface area (Å²) in [4.78, 5) is 0. The van der Waals surface area contributed by atoms with E-state index in [2.05, 4.69) is 13.8 Å². The van der Waals surface area contributed by atoms with E-state index in [1.165, 1.54) is 5.57 Å². The smallest absolute Gasteiger partial charge is 0.125 e. The van der Waals surface area contributed by atoms with Gasteiger partial charge in [-0.25, -0.2) is 0 Å². The minimum atomic E-state index is 0.349. The predicted molar refractivity (Wildman–Crippen MR) is 46.4 cm³/mol. The first kappa shape index (κ1) is 7.71. The standard InChI is InChI=1S/C10H14O2/c1-7-5-8(2)12-10-3-4-11-6-9(7)10/h3-4,7-8H,5-6H2,1-2H3. The van der Waals surface area contributed by atoms with Crippen LogP contribution in [0.1, 0.15) is 20.3 Å². The SMILES string of the molecule is CC1CC(C)C2=C(C=COC2)O1. The molecule has 2 nitrogen and oxygen atoms in total. The van der Waals surface area contributed by atoms with Crippen LogP contribution in [-0.4, -0.2) is 12.7 Å². The van der Waals surface area contributed by atoms with Gasteiger partial charge in [-0.1, -0.05) is 6.92 Å². The van der Waals surface area contributed by atoms with Crippen molar-refractivity contribution in [1.29, 1.82) is 0 Å². The van der Waals surface area contributed by atoms with E-state index in [9.17, 15) is 0 Å². The Balaban J connectivity index is 2.27. The summed E-state index contributed by atoms with van der Waals surface area (Å²) in [6.07, 6.45) is 5.09. The average molecular weight is 166 g/mol. The van der Waals surface area contributed by atoms with Crippen LogP contribution in [0.5, 0.6) is 0 Å². The summed E-state index contributed by atoms with van der Waals surface area (Å²) in [5.41, 5.74) is 1.32. The van der Waals surface area contributed by atoms with Crippen molar-refractivity contribution in [2.24, 2.45) is 5.92 Å². The monoisotopic (exact) mass is 166 g/mol. The number of hydrogen-bond acceptors (Lipinski definition) is 2. The first-order valence-corrected chi connectivity index (χ1v) is 4.45. The summed E-state index contributed by atoms with van der Waals surface area (Å²) < 4.78 is 10.9. The van der Waals surface area contributed by atoms with Gasteiger partial charge in [-0.3, -0.25) is 0 Å². The van der Waals surface area contributed by atoms with E-state index < -0.39 is 0 Å². The zero-order valence-corrected chi connectivity index (χ0v) is 7.54. The van der Waals surface area contributed by atoms with E-state index in [-0.39, 0.29) is 0 Å². The summed E-state index contributed by atoms with van der Waals surface area (Å²) in [5.74, 6) is 1.64. The molecule has 0 saturated carbocycles. The second kappa shape index (κ2) is 2.85. The van der Waals surface area contributed by atoms with Crippen molar-refractivity contribution in [2.75, 3.05) is 6.61 Å². The molecule has 2 rings (SSSR count). The first-order valence-electron chi connectivity index (χ1n) is 4.45. The van der Waals surface area contributed by atoms with Crippen LogP contribution in [-0.2, 0) is 9.47 Å². The molecule has 0 amide bonds. The van der Waals surface area contributed by atoms with Crippen molar-refractivity contribution >= 4 is 0 Å². The van der Waals surface area contributed by atoms with Crippen LogP contribution in [0.15, 0.2) is 23.7 Å². The molecule has 0 radical (unpaired) electrons. The summed E-state index contributed by atoms with van der Waals surface area (Å²) in [7, 11) is 0. The Labute approximate surface area is 72.9 Å². The molecule has 66 valence electrons. The van der Waals surface area contributed by atoms with Gasteiger partial charge in [-0.05, 0) is 19.3 Å². The van der Waals surface area contributed by atoms with Gasteiger partial charge in [0.1, 0.15) is 12.4 Å². The van der Waals surface area contributed by atoms with Crippen LogP contribution in [0, 0.1) is 5.92 Å². The van der Waals surface area contributed by atoms with E-state index in [0.717, 1.165) is 12.2 Å². The molecule has 12 heavy (non-hydrogen) atoms. The third kappa shape index (κ3) is 1.22.